The summed E-state index contributed by atoms with van der Waals surface area (Å²) in [5.41, 5.74) is 0.0836. The third-order valence-electron chi connectivity index (χ3n) is 10.4. The number of nitro groups is 1. The molecule has 2 saturated heterocycles. The lowest BCUT2D eigenvalue weighted by atomic mass is 9.82. The summed E-state index contributed by atoms with van der Waals surface area (Å²) in [6.45, 7) is 5.70. The van der Waals surface area contributed by atoms with E-state index in [2.05, 4.69) is 10.6 Å². The van der Waals surface area contributed by atoms with Crippen LogP contribution in [0.1, 0.15) is 42.9 Å². The molecule has 2 fully saturated rings. The van der Waals surface area contributed by atoms with Gasteiger partial charge >= 0.3 is 0 Å². The SMILES string of the molecule is C[C@@H]1[C@@H]([Si](C)(C)F)[C@H](CC(=O)N(CCO)Cc2ccccc2)O[C@@]12C(=O)N(Cc1ccc(NC(=O)[C@H]3CCCN3)cc1)c1ccc([N+](=O)[O-])cc12. The number of carbonyl (C=O) groups is 3. The average molecular weight is 718 g/mol. The molecule has 0 aromatic heterocycles. The molecule has 6 rings (SSSR count). The monoisotopic (exact) mass is 717 g/mol. The molecule has 0 unspecified atom stereocenters. The van der Waals surface area contributed by atoms with Crippen molar-refractivity contribution in [2.24, 2.45) is 5.92 Å². The van der Waals surface area contributed by atoms with E-state index in [1.165, 1.54) is 41.1 Å². The van der Waals surface area contributed by atoms with E-state index < -0.39 is 42.4 Å². The molecule has 12 nitrogen and oxygen atoms in total. The molecule has 0 bridgehead atoms. The number of ether oxygens (including phenoxy) is 1. The highest BCUT2D eigenvalue weighted by Crippen LogP contribution is 2.60. The maximum atomic E-state index is 16.4. The largest absolute Gasteiger partial charge is 0.395 e. The zero-order chi connectivity index (χ0) is 36.5. The van der Waals surface area contributed by atoms with Gasteiger partial charge in [-0.1, -0.05) is 49.4 Å². The minimum absolute atomic E-state index is 0.0595. The van der Waals surface area contributed by atoms with E-state index in [1.807, 2.05) is 30.3 Å². The van der Waals surface area contributed by atoms with Crippen molar-refractivity contribution < 1.29 is 33.3 Å². The van der Waals surface area contributed by atoms with Crippen LogP contribution in [0.25, 0.3) is 0 Å². The second-order valence-electron chi connectivity index (χ2n) is 14.2. The van der Waals surface area contributed by atoms with E-state index in [1.54, 1.807) is 31.2 Å². The van der Waals surface area contributed by atoms with Crippen LogP contribution in [0.4, 0.5) is 21.2 Å². The van der Waals surface area contributed by atoms with Crippen LogP contribution in [0.2, 0.25) is 18.6 Å². The lowest BCUT2D eigenvalue weighted by Gasteiger charge is -2.31. The maximum Gasteiger partial charge on any atom is 0.269 e. The van der Waals surface area contributed by atoms with Gasteiger partial charge in [0.2, 0.25) is 20.2 Å². The maximum absolute atomic E-state index is 16.4. The van der Waals surface area contributed by atoms with Gasteiger partial charge in [-0.2, -0.15) is 0 Å². The number of rotatable bonds is 12. The van der Waals surface area contributed by atoms with Crippen LogP contribution in [-0.2, 0) is 37.8 Å². The van der Waals surface area contributed by atoms with Crippen molar-refractivity contribution in [1.82, 2.24) is 10.2 Å². The smallest absolute Gasteiger partial charge is 0.269 e. The number of carbonyl (C=O) groups excluding carboxylic acids is 3. The van der Waals surface area contributed by atoms with Gasteiger partial charge in [0.05, 0.1) is 42.3 Å². The van der Waals surface area contributed by atoms with Crippen LogP contribution in [0.3, 0.4) is 0 Å². The number of fused-ring (bicyclic) bond motifs is 2. The van der Waals surface area contributed by atoms with Crippen LogP contribution in [0, 0.1) is 16.0 Å². The Morgan fingerprint density at radius 1 is 1.14 bits per heavy atom. The normalized spacial score (nSPS) is 24.2. The number of non-ortho nitro benzene ring substituents is 1. The highest BCUT2D eigenvalue weighted by molar-refractivity contribution is 6.72. The van der Waals surface area contributed by atoms with Crippen LogP contribution >= 0.6 is 0 Å². The molecule has 3 aromatic carbocycles. The van der Waals surface area contributed by atoms with Crippen LogP contribution in [0.15, 0.2) is 72.8 Å². The highest BCUT2D eigenvalue weighted by atomic mass is 28.4. The molecule has 1 spiro atoms. The summed E-state index contributed by atoms with van der Waals surface area (Å²) < 4.78 is 23.1. The Balaban J connectivity index is 1.30. The minimum atomic E-state index is -3.64. The second-order valence-corrected chi connectivity index (χ2v) is 18.0. The van der Waals surface area contributed by atoms with E-state index in [0.717, 1.165) is 30.5 Å². The van der Waals surface area contributed by atoms with Gasteiger partial charge < -0.3 is 34.4 Å². The third-order valence-corrected chi connectivity index (χ3v) is 12.9. The van der Waals surface area contributed by atoms with E-state index in [0.29, 0.717) is 11.4 Å². The number of nitrogens with zero attached hydrogens (tertiary/aromatic N) is 3. The molecule has 270 valence electrons. The van der Waals surface area contributed by atoms with Gasteiger partial charge in [-0.25, -0.2) is 0 Å². The Bertz CT molecular complexity index is 1780. The second kappa shape index (κ2) is 14.6. The quantitative estimate of drug-likeness (QED) is 0.102. The predicted octanol–water partition coefficient (Wildman–Crippen LogP) is 5.02. The van der Waals surface area contributed by atoms with E-state index in [-0.39, 0.29) is 61.8 Å². The molecule has 3 amide bonds. The molecule has 3 aliphatic rings. The molecule has 3 heterocycles. The summed E-state index contributed by atoms with van der Waals surface area (Å²) in [6.07, 6.45) is 0.483. The molecule has 5 atom stereocenters. The molecule has 3 N–H and O–H groups in total. The van der Waals surface area contributed by atoms with Crippen molar-refractivity contribution in [2.75, 3.05) is 29.9 Å². The number of benzene rings is 3. The summed E-state index contributed by atoms with van der Waals surface area (Å²) in [6, 6.07) is 20.4. The van der Waals surface area contributed by atoms with Crippen molar-refractivity contribution in [2.45, 2.75) is 75.7 Å². The molecule has 3 aliphatic heterocycles. The number of halogens is 1. The van der Waals surface area contributed by atoms with Crippen LogP contribution in [-0.4, -0.2) is 72.9 Å². The van der Waals surface area contributed by atoms with E-state index >= 15 is 4.11 Å². The Morgan fingerprint density at radius 3 is 2.49 bits per heavy atom. The third kappa shape index (κ3) is 7.18. The summed E-state index contributed by atoms with van der Waals surface area (Å²) in [5.74, 6) is -1.71. The molecular weight excluding hydrogens is 674 g/mol. The molecule has 14 heteroatoms. The Hall–Kier alpha value is -4.50. The molecule has 3 aromatic rings. The molecule has 0 radical (unpaired) electrons. The number of aliphatic hydroxyl groups excluding tert-OH is 1. The first kappa shape index (κ1) is 36.3. The Morgan fingerprint density at radius 2 is 1.86 bits per heavy atom. The van der Waals surface area contributed by atoms with Crippen molar-refractivity contribution in [3.05, 3.63) is 99.6 Å². The highest BCUT2D eigenvalue weighted by Gasteiger charge is 2.67. The predicted molar refractivity (Wildman–Crippen MR) is 192 cm³/mol. The van der Waals surface area contributed by atoms with Gasteiger partial charge in [-0.3, -0.25) is 24.5 Å². The molecular formula is C37H44FN5O7Si. The van der Waals surface area contributed by atoms with E-state index in [9.17, 15) is 29.6 Å². The fraction of sp³-hybridized carbons (Fsp3) is 0.432. The Kier molecular flexibility index (Phi) is 10.4. The zero-order valence-corrected chi connectivity index (χ0v) is 30.0. The van der Waals surface area contributed by atoms with Crippen molar-refractivity contribution in [1.29, 1.82) is 0 Å². The van der Waals surface area contributed by atoms with Gasteiger partial charge in [-0.05, 0) is 61.8 Å². The summed E-state index contributed by atoms with van der Waals surface area (Å²) in [4.78, 5) is 55.6. The van der Waals surface area contributed by atoms with Gasteiger partial charge in [-0.15, -0.1) is 0 Å². The van der Waals surface area contributed by atoms with Crippen LogP contribution in [0.5, 0.6) is 0 Å². The number of amides is 3. The number of anilines is 2. The zero-order valence-electron chi connectivity index (χ0n) is 29.0. The number of nitro benzene ring substituents is 1. The number of hydrogen-bond donors (Lipinski definition) is 3. The summed E-state index contributed by atoms with van der Waals surface area (Å²) in [7, 11) is -3.64. The topological polar surface area (TPSA) is 154 Å². The molecule has 0 saturated carbocycles. The van der Waals surface area contributed by atoms with Crippen molar-refractivity contribution >= 4 is 43.2 Å². The standard InChI is InChI=1S/C37H44FN5O7Si/c1-24-34(51(2,3)38)32(21-33(45)41(18-19-44)22-25-8-5-4-6-9-25)50-37(24)29-20-28(43(48)49)15-16-31(29)42(36(37)47)23-26-11-13-27(14-12-26)40-35(46)30-10-7-17-39-30/h4-6,8-9,11-16,20,24,30,32,34,39,44H,7,10,17-19,21-23H2,1-3H3,(H,40,46)/t24-,30-,32+,34-,37+/m1/s1. The first-order valence-corrected chi connectivity index (χ1v) is 20.3. The number of aliphatic hydroxyl groups is 1. The lowest BCUT2D eigenvalue weighted by molar-refractivity contribution is -0.385. The fourth-order valence-corrected chi connectivity index (χ4v) is 10.5. The number of nitrogens with one attached hydrogen (secondary N) is 2. The van der Waals surface area contributed by atoms with Gasteiger partial charge in [0.15, 0.2) is 5.60 Å². The van der Waals surface area contributed by atoms with Gasteiger partial charge in [0.25, 0.3) is 11.6 Å². The molecule has 0 aliphatic carbocycles. The Labute approximate surface area is 297 Å². The van der Waals surface area contributed by atoms with Crippen molar-refractivity contribution in [3.8, 4) is 0 Å². The minimum Gasteiger partial charge on any atom is -0.395 e. The summed E-state index contributed by atoms with van der Waals surface area (Å²) in [5, 5.41) is 27.8. The van der Waals surface area contributed by atoms with E-state index in [4.69, 9.17) is 4.74 Å². The first-order valence-electron chi connectivity index (χ1n) is 17.4. The average Bonchev–Trinajstić information content (AvgIpc) is 3.79. The van der Waals surface area contributed by atoms with Crippen LogP contribution < -0.4 is 15.5 Å². The first-order chi connectivity index (χ1) is 24.3. The van der Waals surface area contributed by atoms with Gasteiger partial charge in [0.1, 0.15) is 0 Å². The van der Waals surface area contributed by atoms with Crippen molar-refractivity contribution in [3.63, 3.8) is 0 Å². The summed E-state index contributed by atoms with van der Waals surface area (Å²) >= 11 is 0. The lowest BCUT2D eigenvalue weighted by Crippen LogP contribution is -2.45. The fourth-order valence-electron chi connectivity index (χ4n) is 8.04. The number of hydrogen-bond acceptors (Lipinski definition) is 8. The molecule has 51 heavy (non-hydrogen) atoms. The van der Waals surface area contributed by atoms with Gasteiger partial charge in [0, 0.05) is 47.9 Å².